The van der Waals surface area contributed by atoms with Gasteiger partial charge in [-0.3, -0.25) is 19.2 Å². The number of hydrogen-bond acceptors (Lipinski definition) is 8. The van der Waals surface area contributed by atoms with Crippen LogP contribution < -0.4 is 42.5 Å². The molecule has 4 aromatic carbocycles. The van der Waals surface area contributed by atoms with Crippen molar-refractivity contribution in [3.05, 3.63) is 143 Å². The largest absolute Gasteiger partial charge is 0.360 e. The Bertz CT molecular complexity index is 2360. The second kappa shape index (κ2) is 30.7. The summed E-state index contributed by atoms with van der Waals surface area (Å²) in [4.78, 5) is 46.6. The van der Waals surface area contributed by atoms with E-state index in [1.807, 2.05) is 138 Å². The summed E-state index contributed by atoms with van der Waals surface area (Å²) in [5.74, 6) is -1.52. The fourth-order valence-corrected chi connectivity index (χ4v) is 7.03. The number of hydrogen-bond donors (Lipinski definition) is 8. The van der Waals surface area contributed by atoms with Crippen molar-refractivity contribution in [1.29, 1.82) is 0 Å². The van der Waals surface area contributed by atoms with E-state index >= 15 is 0 Å². The van der Waals surface area contributed by atoms with Crippen molar-refractivity contribution in [2.75, 3.05) is 0 Å². The van der Waals surface area contributed by atoms with Crippen LogP contribution in [0.5, 0.6) is 0 Å². The summed E-state index contributed by atoms with van der Waals surface area (Å²) in [5.41, 5.74) is 3.55. The quantitative estimate of drug-likeness (QED) is 0.0759. The van der Waals surface area contributed by atoms with Gasteiger partial charge >= 0.3 is 0 Å². The summed E-state index contributed by atoms with van der Waals surface area (Å²) in [6, 6.07) is 29.8. The van der Waals surface area contributed by atoms with Gasteiger partial charge in [0.05, 0.1) is 25.7 Å². The third-order valence-electron chi connectivity index (χ3n) is 8.15. The summed E-state index contributed by atoms with van der Waals surface area (Å²) in [6.07, 6.45) is 0.759. The van der Waals surface area contributed by atoms with E-state index in [9.17, 15) is 28.0 Å². The first-order valence-electron chi connectivity index (χ1n) is 22.4. The highest BCUT2D eigenvalue weighted by Gasteiger charge is 2.16. The number of carbonyl (C=O) groups excluding carboxylic acids is 4. The Balaban J connectivity index is 0.000000467. The van der Waals surface area contributed by atoms with Crippen LogP contribution in [0, 0.1) is 18.6 Å². The molecule has 0 bridgehead atoms. The lowest BCUT2D eigenvalue weighted by Crippen LogP contribution is -2.48. The van der Waals surface area contributed by atoms with Gasteiger partial charge in [-0.25, -0.2) is 8.78 Å². The Morgan fingerprint density at radius 2 is 0.843 bits per heavy atom. The lowest BCUT2D eigenvalue weighted by atomic mass is 10.1. The van der Waals surface area contributed by atoms with Crippen LogP contribution in [0.2, 0.25) is 0 Å². The first-order valence-corrected chi connectivity index (χ1v) is 24.0. The molecule has 0 spiro atoms. The molecule has 4 rings (SSSR count). The summed E-state index contributed by atoms with van der Waals surface area (Å²) in [6.45, 7) is 23.6. The average molecular weight is 1040 g/mol. The molecule has 0 fully saturated rings. The van der Waals surface area contributed by atoms with Gasteiger partial charge in [-0.15, -0.1) is 0 Å². The molecule has 0 atom stereocenters. The highest BCUT2D eigenvalue weighted by molar-refractivity contribution is 7.80. The zero-order valence-corrected chi connectivity index (χ0v) is 45.5. The minimum absolute atomic E-state index is 0.0291. The summed E-state index contributed by atoms with van der Waals surface area (Å²) >= 11 is 20.0. The third kappa shape index (κ3) is 32.8. The number of benzene rings is 4. The Labute approximate surface area is 435 Å². The molecule has 0 aliphatic carbocycles. The van der Waals surface area contributed by atoms with Crippen molar-refractivity contribution < 1.29 is 28.0 Å². The van der Waals surface area contributed by atoms with Gasteiger partial charge in [0.15, 0.2) is 20.4 Å². The molecule has 0 aromatic heterocycles. The fraction of sp³-hybridized carbons (Fsp3) is 0.385. The Morgan fingerprint density at radius 1 is 0.471 bits per heavy atom. The zero-order chi connectivity index (χ0) is 53.2. The van der Waals surface area contributed by atoms with E-state index in [-0.39, 0.29) is 81.0 Å². The summed E-state index contributed by atoms with van der Waals surface area (Å²) < 4.78 is 26.3. The van der Waals surface area contributed by atoms with Gasteiger partial charge in [0.25, 0.3) is 0 Å². The van der Waals surface area contributed by atoms with Crippen molar-refractivity contribution in [2.24, 2.45) is 0 Å². The van der Waals surface area contributed by atoms with Gasteiger partial charge in [0.1, 0.15) is 11.6 Å². The number of nitrogens with one attached hydrogen (secondary N) is 8. The van der Waals surface area contributed by atoms with Crippen molar-refractivity contribution in [3.63, 3.8) is 0 Å². The number of thiocarbonyl (C=S) groups is 4. The highest BCUT2D eigenvalue weighted by atomic mass is 32.1. The van der Waals surface area contributed by atoms with E-state index in [2.05, 4.69) is 42.5 Å². The number of aryl methyl sites for hydroxylation is 1. The molecule has 0 aliphatic rings. The number of halogens is 2. The monoisotopic (exact) mass is 1040 g/mol. The third-order valence-corrected chi connectivity index (χ3v) is 8.98. The lowest BCUT2D eigenvalue weighted by molar-refractivity contribution is -0.120. The normalized spacial score (nSPS) is 10.7. The molecule has 380 valence electrons. The predicted octanol–water partition coefficient (Wildman–Crippen LogP) is 8.27. The van der Waals surface area contributed by atoms with Crippen molar-refractivity contribution in [2.45, 2.75) is 131 Å². The van der Waals surface area contributed by atoms with Gasteiger partial charge in [-0.05, 0) is 172 Å². The highest BCUT2D eigenvalue weighted by Crippen LogP contribution is 2.08. The topological polar surface area (TPSA) is 165 Å². The molecule has 0 radical (unpaired) electrons. The Kier molecular flexibility index (Phi) is 27.3. The van der Waals surface area contributed by atoms with Gasteiger partial charge in [0.2, 0.25) is 23.6 Å². The minimum atomic E-state index is -0.387. The first kappa shape index (κ1) is 62.2. The van der Waals surface area contributed by atoms with E-state index in [4.69, 9.17) is 48.9 Å². The van der Waals surface area contributed by atoms with Crippen LogP contribution in [0.25, 0.3) is 0 Å². The van der Waals surface area contributed by atoms with Crippen molar-refractivity contribution >= 4 is 92.9 Å². The molecular weight excluding hydrogens is 967 g/mol. The van der Waals surface area contributed by atoms with Crippen LogP contribution in [0.15, 0.2) is 103 Å². The van der Waals surface area contributed by atoms with Gasteiger partial charge in [-0.2, -0.15) is 0 Å². The molecule has 8 N–H and O–H groups in total. The molecule has 4 amide bonds. The van der Waals surface area contributed by atoms with Gasteiger partial charge in [-0.1, -0.05) is 90.5 Å². The van der Waals surface area contributed by atoms with Crippen LogP contribution in [-0.4, -0.2) is 66.7 Å². The van der Waals surface area contributed by atoms with E-state index < -0.39 is 0 Å². The second-order valence-electron chi connectivity index (χ2n) is 19.3. The SMILES string of the molecule is CC(C)(C)NC(=S)NC(=O)Cc1cccc(F)c1.CC(C)(C)NC(=S)NC(=O)Cc1ccccc1F.CC(C)NC(=S)NC(=O)Cc1ccccc1.Cc1ccc(CC(=O)NC(=S)NC(C)(C)C)cc1. The maximum Gasteiger partial charge on any atom is 0.230 e. The molecule has 0 saturated carbocycles. The van der Waals surface area contributed by atoms with E-state index in [1.165, 1.54) is 23.8 Å². The molecule has 70 heavy (non-hydrogen) atoms. The van der Waals surface area contributed by atoms with E-state index in [0.29, 0.717) is 34.2 Å². The van der Waals surface area contributed by atoms with Crippen LogP contribution in [0.1, 0.15) is 104 Å². The molecule has 4 aromatic rings. The van der Waals surface area contributed by atoms with Crippen molar-refractivity contribution in [3.8, 4) is 0 Å². The Morgan fingerprint density at radius 3 is 1.26 bits per heavy atom. The van der Waals surface area contributed by atoms with Gasteiger partial charge < -0.3 is 42.5 Å². The molecule has 0 saturated heterocycles. The standard InChI is InChI=1S/C14H20N2OS.2C13H17FN2OS.C12H16N2OS/c1-10-5-7-11(8-6-10)9-12(17)15-13(18)16-14(2,3)4;1-13(2,3)16-12(18)15-11(17)8-9-5-4-6-10(14)7-9;1-13(2,3)16-12(18)15-11(17)8-9-6-4-5-7-10(9)14;1-9(2)13-12(16)14-11(15)8-10-6-4-3-5-7-10/h5-8H,9H2,1-4H3,(H2,15,16,17,18);2*4-7H,8H2,1-3H3,(H2,15,16,17,18);3-7,9H,8H2,1-2H3,(H2,13,14,15,16). The minimum Gasteiger partial charge on any atom is -0.360 e. The predicted molar refractivity (Wildman–Crippen MR) is 295 cm³/mol. The van der Waals surface area contributed by atoms with Crippen LogP contribution >= 0.6 is 48.9 Å². The van der Waals surface area contributed by atoms with Gasteiger partial charge in [0, 0.05) is 22.7 Å². The second-order valence-corrected chi connectivity index (χ2v) is 21.0. The summed E-state index contributed by atoms with van der Waals surface area (Å²) in [7, 11) is 0. The van der Waals surface area contributed by atoms with E-state index in [0.717, 1.165) is 11.1 Å². The maximum atomic E-state index is 13.3. The number of rotatable bonds is 9. The molecule has 0 unspecified atom stereocenters. The zero-order valence-electron chi connectivity index (χ0n) is 42.2. The molecular formula is C52H70F2N8O4S4. The van der Waals surface area contributed by atoms with E-state index in [1.54, 1.807) is 30.3 Å². The lowest BCUT2D eigenvalue weighted by Gasteiger charge is -2.22. The van der Waals surface area contributed by atoms with Crippen LogP contribution in [0.3, 0.4) is 0 Å². The summed E-state index contributed by atoms with van der Waals surface area (Å²) in [5, 5.41) is 23.6. The van der Waals surface area contributed by atoms with Crippen LogP contribution in [0.4, 0.5) is 8.78 Å². The molecule has 12 nitrogen and oxygen atoms in total. The smallest absolute Gasteiger partial charge is 0.230 e. The molecule has 18 heteroatoms. The number of carbonyl (C=O) groups is 4. The Hall–Kier alpha value is -5.82. The van der Waals surface area contributed by atoms with Crippen LogP contribution in [-0.2, 0) is 44.9 Å². The molecule has 0 aliphatic heterocycles. The first-order chi connectivity index (χ1) is 32.4. The number of amides is 4. The fourth-order valence-electron chi connectivity index (χ4n) is 5.42. The molecule has 0 heterocycles. The van der Waals surface area contributed by atoms with Crippen molar-refractivity contribution in [1.82, 2.24) is 42.5 Å². The average Bonchev–Trinajstić information content (AvgIpc) is 3.18. The maximum absolute atomic E-state index is 13.3.